The maximum absolute atomic E-state index is 10.7. The largest absolute Gasteiger partial charge is 0.308 e. The summed E-state index contributed by atoms with van der Waals surface area (Å²) in [5.74, 6) is 0. The van der Waals surface area contributed by atoms with Crippen molar-refractivity contribution in [3.05, 3.63) is 174 Å². The van der Waals surface area contributed by atoms with E-state index in [1.807, 2.05) is 84.9 Å². The third-order valence-corrected chi connectivity index (χ3v) is 9.88. The van der Waals surface area contributed by atoms with Crippen LogP contribution in [0.5, 0.6) is 0 Å². The molecule has 0 aliphatic rings. The highest BCUT2D eigenvalue weighted by Crippen LogP contribution is 2.46. The molecule has 0 bridgehead atoms. The van der Waals surface area contributed by atoms with Crippen LogP contribution in [0.1, 0.15) is 16.7 Å². The van der Waals surface area contributed by atoms with E-state index in [1.54, 1.807) is 0 Å². The zero-order valence-corrected chi connectivity index (χ0v) is 27.3. The average molecular weight is 647 g/mol. The Balaban J connectivity index is 1.31. The molecule has 0 fully saturated rings. The van der Waals surface area contributed by atoms with Crippen LogP contribution in [0.15, 0.2) is 158 Å². The normalized spacial score (nSPS) is 11.1. The van der Waals surface area contributed by atoms with Crippen LogP contribution in [-0.2, 0) is 0 Å². The smallest absolute Gasteiger partial charge is 0.101 e. The Labute approximate surface area is 294 Å². The fourth-order valence-corrected chi connectivity index (χ4v) is 7.70. The summed E-state index contributed by atoms with van der Waals surface area (Å²) in [4.78, 5) is 0. The van der Waals surface area contributed by atoms with E-state index in [0.717, 1.165) is 76.9 Å². The Morgan fingerprint density at radius 3 is 1.61 bits per heavy atom. The Bertz CT molecular complexity index is 2940. The molecule has 0 saturated carbocycles. The summed E-state index contributed by atoms with van der Waals surface area (Å²) in [7, 11) is 0. The van der Waals surface area contributed by atoms with Gasteiger partial charge in [-0.25, -0.2) is 0 Å². The Morgan fingerprint density at radius 1 is 0.373 bits per heavy atom. The molecule has 0 amide bonds. The van der Waals surface area contributed by atoms with Crippen molar-refractivity contribution in [3.63, 3.8) is 0 Å². The summed E-state index contributed by atoms with van der Waals surface area (Å²) in [5, 5.41) is 36.8. The molecule has 0 aliphatic carbocycles. The van der Waals surface area contributed by atoms with E-state index in [1.165, 1.54) is 5.56 Å². The maximum Gasteiger partial charge on any atom is 0.101 e. The molecule has 1 heterocycles. The molecule has 1 aromatic heterocycles. The monoisotopic (exact) mass is 646 g/mol. The van der Waals surface area contributed by atoms with Crippen LogP contribution in [0.25, 0.3) is 82.4 Å². The number of nitriles is 3. The van der Waals surface area contributed by atoms with Gasteiger partial charge in [-0.15, -0.1) is 0 Å². The molecule has 0 spiro atoms. The predicted octanol–water partition coefficient (Wildman–Crippen LogP) is 11.7. The molecule has 4 heteroatoms. The zero-order chi connectivity index (χ0) is 34.5. The molecule has 0 atom stereocenters. The number of fused-ring (bicyclic) bond motifs is 5. The van der Waals surface area contributed by atoms with E-state index in [-0.39, 0.29) is 0 Å². The third kappa shape index (κ3) is 4.66. The van der Waals surface area contributed by atoms with Gasteiger partial charge in [-0.2, -0.15) is 15.8 Å². The predicted molar refractivity (Wildman–Crippen MR) is 206 cm³/mol. The van der Waals surface area contributed by atoms with Crippen molar-refractivity contribution in [2.75, 3.05) is 0 Å². The van der Waals surface area contributed by atoms with Gasteiger partial charge in [-0.1, -0.05) is 109 Å². The maximum atomic E-state index is 10.7. The first kappa shape index (κ1) is 29.7. The van der Waals surface area contributed by atoms with Crippen LogP contribution in [0.4, 0.5) is 0 Å². The highest BCUT2D eigenvalue weighted by Gasteiger charge is 2.21. The molecule has 51 heavy (non-hydrogen) atoms. The summed E-state index contributed by atoms with van der Waals surface area (Å²) in [5.41, 5.74) is 10.4. The van der Waals surface area contributed by atoms with E-state index in [9.17, 15) is 15.8 Å². The Hall–Kier alpha value is -7.45. The number of hydrogen-bond donors (Lipinski definition) is 0. The van der Waals surface area contributed by atoms with Gasteiger partial charge in [-0.05, 0) is 103 Å². The van der Waals surface area contributed by atoms with Crippen molar-refractivity contribution in [2.24, 2.45) is 0 Å². The first-order chi connectivity index (χ1) is 25.2. The van der Waals surface area contributed by atoms with Crippen molar-refractivity contribution in [2.45, 2.75) is 0 Å². The second-order valence-electron chi connectivity index (χ2n) is 12.6. The lowest BCUT2D eigenvalue weighted by molar-refractivity contribution is 1.17. The third-order valence-electron chi connectivity index (χ3n) is 9.88. The van der Waals surface area contributed by atoms with E-state index in [4.69, 9.17) is 0 Å². The summed E-state index contributed by atoms with van der Waals surface area (Å²) >= 11 is 0. The summed E-state index contributed by atoms with van der Waals surface area (Å²) in [6.07, 6.45) is 0. The molecular formula is C47H26N4. The quantitative estimate of drug-likeness (QED) is 0.179. The minimum absolute atomic E-state index is 0.502. The van der Waals surface area contributed by atoms with Crippen LogP contribution in [0, 0.1) is 34.0 Å². The summed E-state index contributed by atoms with van der Waals surface area (Å²) in [6.45, 7) is 0. The van der Waals surface area contributed by atoms with Crippen LogP contribution in [0.2, 0.25) is 0 Å². The standard InChI is InChI=1S/C47H26N4/c48-27-30-18-21-40(47-38-15-6-4-13-36(38)46(32-10-2-1-3-11-32)37-14-5-7-16-39(37)47)41(24-30)33-20-23-43(34(26-33)29-50)51-44-17-9-8-12-35(44)42-25-31(28-49)19-22-45(42)51/h1-26H. The number of hydrogen-bond acceptors (Lipinski definition) is 3. The lowest BCUT2D eigenvalue weighted by atomic mass is 9.83. The van der Waals surface area contributed by atoms with Crippen LogP contribution in [0.3, 0.4) is 0 Å². The van der Waals surface area contributed by atoms with Gasteiger partial charge in [0.25, 0.3) is 0 Å². The number of para-hydroxylation sites is 1. The molecule has 0 saturated heterocycles. The number of benzene rings is 8. The van der Waals surface area contributed by atoms with Gasteiger partial charge in [0.2, 0.25) is 0 Å². The molecule has 0 unspecified atom stereocenters. The molecule has 0 radical (unpaired) electrons. The first-order valence-electron chi connectivity index (χ1n) is 16.7. The topological polar surface area (TPSA) is 76.3 Å². The molecule has 0 aliphatic heterocycles. The molecule has 234 valence electrons. The van der Waals surface area contributed by atoms with Gasteiger partial charge >= 0.3 is 0 Å². The zero-order valence-electron chi connectivity index (χ0n) is 27.3. The highest BCUT2D eigenvalue weighted by molar-refractivity contribution is 6.22. The van der Waals surface area contributed by atoms with Gasteiger partial charge < -0.3 is 4.57 Å². The molecule has 9 rings (SSSR count). The lowest BCUT2D eigenvalue weighted by Gasteiger charge is -2.20. The molecule has 0 N–H and O–H groups in total. The minimum atomic E-state index is 0.502. The summed E-state index contributed by atoms with van der Waals surface area (Å²) < 4.78 is 2.10. The fraction of sp³-hybridized carbons (Fsp3) is 0. The Kier molecular flexibility index (Phi) is 6.93. The lowest BCUT2D eigenvalue weighted by Crippen LogP contribution is -1.99. The molecule has 8 aromatic carbocycles. The molecule has 4 nitrogen and oxygen atoms in total. The second kappa shape index (κ2) is 11.9. The number of rotatable bonds is 4. The first-order valence-corrected chi connectivity index (χ1v) is 16.7. The SMILES string of the molecule is N#Cc1ccc(-c2c3ccccc3c(-c3ccccc3)c3ccccc23)c(-c2ccc(-n3c4ccccc4c4cc(C#N)ccc43)c(C#N)c2)c1. The van der Waals surface area contributed by atoms with Crippen LogP contribution >= 0.6 is 0 Å². The highest BCUT2D eigenvalue weighted by atomic mass is 15.0. The van der Waals surface area contributed by atoms with E-state index in [2.05, 4.69) is 95.6 Å². The number of aromatic nitrogens is 1. The van der Waals surface area contributed by atoms with Crippen molar-refractivity contribution in [3.8, 4) is 57.3 Å². The molecule has 9 aromatic rings. The van der Waals surface area contributed by atoms with Crippen molar-refractivity contribution < 1.29 is 0 Å². The van der Waals surface area contributed by atoms with Gasteiger partial charge in [0.1, 0.15) is 6.07 Å². The Morgan fingerprint density at radius 2 is 0.941 bits per heavy atom. The van der Waals surface area contributed by atoms with Gasteiger partial charge in [0.05, 0.1) is 45.5 Å². The van der Waals surface area contributed by atoms with E-state index < -0.39 is 0 Å². The van der Waals surface area contributed by atoms with Gasteiger partial charge in [0, 0.05) is 10.8 Å². The van der Waals surface area contributed by atoms with Crippen molar-refractivity contribution >= 4 is 43.4 Å². The van der Waals surface area contributed by atoms with Crippen molar-refractivity contribution in [1.29, 1.82) is 15.8 Å². The second-order valence-corrected chi connectivity index (χ2v) is 12.6. The fourth-order valence-electron chi connectivity index (χ4n) is 7.70. The minimum Gasteiger partial charge on any atom is -0.308 e. The average Bonchev–Trinajstić information content (AvgIpc) is 3.53. The van der Waals surface area contributed by atoms with Crippen molar-refractivity contribution in [1.82, 2.24) is 4.57 Å². The molecular weight excluding hydrogens is 621 g/mol. The number of nitrogens with zero attached hydrogens (tertiary/aromatic N) is 4. The van der Waals surface area contributed by atoms with E-state index in [0.29, 0.717) is 16.7 Å². The van der Waals surface area contributed by atoms with Gasteiger partial charge in [0.15, 0.2) is 0 Å². The summed E-state index contributed by atoms with van der Waals surface area (Å²) in [6, 6.07) is 60.2. The van der Waals surface area contributed by atoms with Gasteiger partial charge in [-0.3, -0.25) is 0 Å². The van der Waals surface area contributed by atoms with Crippen LogP contribution < -0.4 is 0 Å². The van der Waals surface area contributed by atoms with Crippen LogP contribution in [-0.4, -0.2) is 4.57 Å². The van der Waals surface area contributed by atoms with E-state index >= 15 is 0 Å².